The maximum absolute atomic E-state index is 11.7. The molecule has 0 aliphatic carbocycles. The number of halogens is 1. The summed E-state index contributed by atoms with van der Waals surface area (Å²) in [4.78, 5) is 19.1. The highest BCUT2D eigenvalue weighted by atomic mass is 35.5. The fraction of sp³-hybridized carbons (Fsp3) is 0.444. The number of allylic oxidation sites excluding steroid dienone is 1. The van der Waals surface area contributed by atoms with Gasteiger partial charge >= 0.3 is 0 Å². The Morgan fingerprint density at radius 1 is 1.48 bits per heavy atom. The lowest BCUT2D eigenvalue weighted by molar-refractivity contribution is -0.118. The molecule has 0 spiro atoms. The number of carbonyl (C=O) groups is 1. The summed E-state index contributed by atoms with van der Waals surface area (Å²) in [6.07, 6.45) is 1.11. The number of amides is 1. The van der Waals surface area contributed by atoms with Gasteiger partial charge in [-0.25, -0.2) is 4.98 Å². The van der Waals surface area contributed by atoms with E-state index in [1.165, 1.54) is 5.57 Å². The van der Waals surface area contributed by atoms with Gasteiger partial charge in [0, 0.05) is 35.2 Å². The molecule has 0 bridgehead atoms. The molecule has 0 saturated carbocycles. The Labute approximate surface area is 160 Å². The molecule has 4 nitrogen and oxygen atoms in total. The zero-order chi connectivity index (χ0) is 17.6. The third-order valence-corrected chi connectivity index (χ3v) is 7.47. The van der Waals surface area contributed by atoms with E-state index < -0.39 is 0 Å². The SMILES string of the molecule is CCN1CCC2C(c3nc4ccc(Cl)cc4s3)=C(NC(C)=O)SC2C1. The quantitative estimate of drug-likeness (QED) is 0.848. The summed E-state index contributed by atoms with van der Waals surface area (Å²) in [6, 6.07) is 5.81. The largest absolute Gasteiger partial charge is 0.321 e. The predicted octanol–water partition coefficient (Wildman–Crippen LogP) is 4.21. The van der Waals surface area contributed by atoms with Crippen molar-refractivity contribution in [3.8, 4) is 0 Å². The predicted molar refractivity (Wildman–Crippen MR) is 107 cm³/mol. The first-order chi connectivity index (χ1) is 12.0. The van der Waals surface area contributed by atoms with Gasteiger partial charge in [0.15, 0.2) is 0 Å². The van der Waals surface area contributed by atoms with Crippen molar-refractivity contribution in [1.82, 2.24) is 15.2 Å². The number of fused-ring (bicyclic) bond motifs is 2. The molecule has 2 aromatic rings. The van der Waals surface area contributed by atoms with Crippen molar-refractivity contribution in [3.63, 3.8) is 0 Å². The summed E-state index contributed by atoms with van der Waals surface area (Å²) < 4.78 is 1.09. The van der Waals surface area contributed by atoms with E-state index in [4.69, 9.17) is 16.6 Å². The first-order valence-electron chi connectivity index (χ1n) is 8.52. The normalized spacial score (nSPS) is 24.0. The van der Waals surface area contributed by atoms with Crippen LogP contribution in [0.15, 0.2) is 23.2 Å². The van der Waals surface area contributed by atoms with E-state index in [0.717, 1.165) is 51.3 Å². The van der Waals surface area contributed by atoms with Gasteiger partial charge in [0.1, 0.15) is 5.01 Å². The molecule has 0 radical (unpaired) electrons. The molecule has 1 fully saturated rings. The van der Waals surface area contributed by atoms with Crippen LogP contribution >= 0.6 is 34.7 Å². The molecule has 2 unspecified atom stereocenters. The monoisotopic (exact) mass is 393 g/mol. The number of benzene rings is 1. The van der Waals surface area contributed by atoms with Crippen molar-refractivity contribution < 1.29 is 4.79 Å². The number of nitrogens with zero attached hydrogens (tertiary/aromatic N) is 2. The number of piperidine rings is 1. The second-order valence-electron chi connectivity index (χ2n) is 6.50. The smallest absolute Gasteiger partial charge is 0.221 e. The van der Waals surface area contributed by atoms with Crippen LogP contribution in [0.2, 0.25) is 5.02 Å². The van der Waals surface area contributed by atoms with Gasteiger partial charge in [-0.05, 0) is 37.7 Å². The number of hydrogen-bond donors (Lipinski definition) is 1. The molecule has 4 rings (SSSR count). The van der Waals surface area contributed by atoms with E-state index in [1.54, 1.807) is 30.0 Å². The Morgan fingerprint density at radius 3 is 3.08 bits per heavy atom. The molecule has 1 N–H and O–H groups in total. The van der Waals surface area contributed by atoms with Gasteiger partial charge in [-0.1, -0.05) is 18.5 Å². The molecule has 25 heavy (non-hydrogen) atoms. The highest BCUT2D eigenvalue weighted by molar-refractivity contribution is 8.04. The summed E-state index contributed by atoms with van der Waals surface area (Å²) in [5.74, 6) is 0.431. The summed E-state index contributed by atoms with van der Waals surface area (Å²) in [5.41, 5.74) is 2.19. The van der Waals surface area contributed by atoms with Crippen molar-refractivity contribution in [1.29, 1.82) is 0 Å². The average Bonchev–Trinajstić information content (AvgIpc) is 3.13. The van der Waals surface area contributed by atoms with Gasteiger partial charge < -0.3 is 10.2 Å². The van der Waals surface area contributed by atoms with E-state index in [-0.39, 0.29) is 5.91 Å². The second-order valence-corrected chi connectivity index (χ2v) is 9.22. The van der Waals surface area contributed by atoms with E-state index in [2.05, 4.69) is 17.1 Å². The molecule has 2 atom stereocenters. The fourth-order valence-electron chi connectivity index (χ4n) is 3.63. The molecule has 3 heterocycles. The van der Waals surface area contributed by atoms with Crippen LogP contribution in [-0.2, 0) is 4.79 Å². The molecule has 2 aliphatic rings. The standard InChI is InChI=1S/C18H20ClN3OS2/c1-3-22-7-6-12-15(9-22)25-17(20-10(2)23)16(12)18-21-13-5-4-11(19)8-14(13)24-18/h4-5,8,12,15H,3,6-7,9H2,1-2H3,(H,20,23). The van der Waals surface area contributed by atoms with E-state index >= 15 is 0 Å². The van der Waals surface area contributed by atoms with Crippen LogP contribution in [-0.4, -0.2) is 40.7 Å². The zero-order valence-electron chi connectivity index (χ0n) is 14.2. The second kappa shape index (κ2) is 6.91. The third-order valence-electron chi connectivity index (χ3n) is 4.85. The molecule has 1 aromatic carbocycles. The van der Waals surface area contributed by atoms with Crippen molar-refractivity contribution in [2.75, 3.05) is 19.6 Å². The minimum absolute atomic E-state index is 0.0184. The Hall–Kier alpha value is -1.08. The highest BCUT2D eigenvalue weighted by Gasteiger charge is 2.41. The summed E-state index contributed by atoms with van der Waals surface area (Å²) in [7, 11) is 0. The van der Waals surface area contributed by atoms with Crippen LogP contribution in [0.1, 0.15) is 25.3 Å². The molecule has 2 aliphatic heterocycles. The minimum atomic E-state index is -0.0184. The third kappa shape index (κ3) is 3.33. The summed E-state index contributed by atoms with van der Waals surface area (Å²) in [5, 5.41) is 6.29. The molecule has 1 saturated heterocycles. The van der Waals surface area contributed by atoms with Crippen molar-refractivity contribution >= 4 is 56.4 Å². The van der Waals surface area contributed by atoms with Gasteiger partial charge in [-0.3, -0.25) is 4.79 Å². The number of nitrogens with one attached hydrogen (secondary N) is 1. The van der Waals surface area contributed by atoms with Crippen LogP contribution < -0.4 is 5.32 Å². The lowest BCUT2D eigenvalue weighted by Gasteiger charge is -2.34. The number of carbonyl (C=O) groups excluding carboxylic acids is 1. The van der Waals surface area contributed by atoms with Crippen molar-refractivity contribution in [3.05, 3.63) is 33.3 Å². The first-order valence-corrected chi connectivity index (χ1v) is 10.6. The highest BCUT2D eigenvalue weighted by Crippen LogP contribution is 2.50. The number of hydrogen-bond acceptors (Lipinski definition) is 5. The molecule has 1 aromatic heterocycles. The Morgan fingerprint density at radius 2 is 2.32 bits per heavy atom. The maximum Gasteiger partial charge on any atom is 0.221 e. The van der Waals surface area contributed by atoms with Crippen LogP contribution in [0.3, 0.4) is 0 Å². The van der Waals surface area contributed by atoms with Crippen molar-refractivity contribution in [2.45, 2.75) is 25.5 Å². The molecular formula is C18H20ClN3OS2. The number of rotatable bonds is 3. The van der Waals surface area contributed by atoms with Crippen LogP contribution in [0.25, 0.3) is 15.8 Å². The van der Waals surface area contributed by atoms with Crippen molar-refractivity contribution in [2.24, 2.45) is 5.92 Å². The zero-order valence-corrected chi connectivity index (χ0v) is 16.6. The fourth-order valence-corrected chi connectivity index (χ4v) is 6.65. The number of thioether (sulfide) groups is 1. The molecule has 7 heteroatoms. The summed E-state index contributed by atoms with van der Waals surface area (Å²) >= 11 is 9.60. The Kier molecular flexibility index (Phi) is 4.79. The Balaban J connectivity index is 1.75. The number of likely N-dealkylation sites (tertiary alicyclic amines) is 1. The van der Waals surface area contributed by atoms with E-state index in [1.807, 2.05) is 18.2 Å². The van der Waals surface area contributed by atoms with E-state index in [9.17, 15) is 4.79 Å². The number of thiazole rings is 1. The van der Waals surface area contributed by atoms with Crippen LogP contribution in [0.4, 0.5) is 0 Å². The Bertz CT molecular complexity index is 863. The van der Waals surface area contributed by atoms with Gasteiger partial charge in [0.05, 0.1) is 15.2 Å². The summed E-state index contributed by atoms with van der Waals surface area (Å²) in [6.45, 7) is 7.03. The lowest BCUT2D eigenvalue weighted by atomic mass is 9.89. The lowest BCUT2D eigenvalue weighted by Crippen LogP contribution is -2.40. The topological polar surface area (TPSA) is 45.2 Å². The van der Waals surface area contributed by atoms with Crippen LogP contribution in [0.5, 0.6) is 0 Å². The number of aromatic nitrogens is 1. The molecular weight excluding hydrogens is 374 g/mol. The van der Waals surface area contributed by atoms with E-state index in [0.29, 0.717) is 11.2 Å². The van der Waals surface area contributed by atoms with Gasteiger partial charge in [-0.15, -0.1) is 23.1 Å². The minimum Gasteiger partial charge on any atom is -0.321 e. The molecule has 132 valence electrons. The van der Waals surface area contributed by atoms with Gasteiger partial charge in [-0.2, -0.15) is 0 Å². The first kappa shape index (κ1) is 17.3. The van der Waals surface area contributed by atoms with Crippen LogP contribution in [0, 0.1) is 5.92 Å². The van der Waals surface area contributed by atoms with Gasteiger partial charge in [0.25, 0.3) is 0 Å². The molecule has 1 amide bonds. The maximum atomic E-state index is 11.7. The van der Waals surface area contributed by atoms with Gasteiger partial charge in [0.2, 0.25) is 5.91 Å². The average molecular weight is 394 g/mol.